The molecule has 0 aliphatic heterocycles. The second-order valence-corrected chi connectivity index (χ2v) is 5.82. The van der Waals surface area contributed by atoms with E-state index in [0.717, 1.165) is 18.4 Å². The molecule has 1 aliphatic rings. The maximum absolute atomic E-state index is 5.92. The molecular weight excluding hydrogens is 232 g/mol. The molecule has 0 heterocycles. The van der Waals surface area contributed by atoms with Crippen LogP contribution in [0.2, 0.25) is 0 Å². The van der Waals surface area contributed by atoms with E-state index in [9.17, 15) is 0 Å². The van der Waals surface area contributed by atoms with Crippen molar-refractivity contribution in [2.75, 3.05) is 24.5 Å². The van der Waals surface area contributed by atoms with Crippen molar-refractivity contribution >= 4 is 5.69 Å². The Bertz CT molecular complexity index is 350. The maximum atomic E-state index is 5.92. The molecule has 106 valence electrons. The molecular formula is C17H28N2. The summed E-state index contributed by atoms with van der Waals surface area (Å²) in [7, 11) is 0. The first-order chi connectivity index (χ1) is 9.35. The molecule has 0 radical (unpaired) electrons. The van der Waals surface area contributed by atoms with Crippen LogP contribution in [0.4, 0.5) is 5.69 Å². The van der Waals surface area contributed by atoms with Crippen molar-refractivity contribution in [3.8, 4) is 0 Å². The molecule has 2 atom stereocenters. The number of nitrogens with zero attached hydrogens (tertiary/aromatic N) is 1. The maximum Gasteiger partial charge on any atom is 0.0366 e. The highest BCUT2D eigenvalue weighted by Crippen LogP contribution is 2.32. The highest BCUT2D eigenvalue weighted by molar-refractivity contribution is 5.46. The summed E-state index contributed by atoms with van der Waals surface area (Å²) in [6, 6.07) is 10.9. The Morgan fingerprint density at radius 2 is 1.89 bits per heavy atom. The van der Waals surface area contributed by atoms with E-state index in [1.165, 1.54) is 50.9 Å². The standard InChI is InChI=1S/C17H28N2/c1-2-3-12-19(17-10-5-4-6-11-17)14-16-9-7-8-15(16)13-18/h4-6,10-11,15-16H,2-3,7-9,12-14,18H2,1H3. The summed E-state index contributed by atoms with van der Waals surface area (Å²) in [6.07, 6.45) is 6.58. The van der Waals surface area contributed by atoms with Gasteiger partial charge in [0.2, 0.25) is 0 Å². The lowest BCUT2D eigenvalue weighted by Crippen LogP contribution is -2.33. The summed E-state index contributed by atoms with van der Waals surface area (Å²) >= 11 is 0. The number of hydrogen-bond acceptors (Lipinski definition) is 2. The number of benzene rings is 1. The average Bonchev–Trinajstić information content (AvgIpc) is 2.91. The van der Waals surface area contributed by atoms with Gasteiger partial charge in [0.05, 0.1) is 0 Å². The van der Waals surface area contributed by atoms with Crippen molar-refractivity contribution < 1.29 is 0 Å². The molecule has 2 N–H and O–H groups in total. The fourth-order valence-corrected chi connectivity index (χ4v) is 3.26. The van der Waals surface area contributed by atoms with Crippen molar-refractivity contribution in [1.29, 1.82) is 0 Å². The monoisotopic (exact) mass is 260 g/mol. The van der Waals surface area contributed by atoms with E-state index in [2.05, 4.69) is 42.2 Å². The van der Waals surface area contributed by atoms with Crippen molar-refractivity contribution in [3.05, 3.63) is 30.3 Å². The number of hydrogen-bond donors (Lipinski definition) is 1. The van der Waals surface area contributed by atoms with Gasteiger partial charge in [-0.1, -0.05) is 38.0 Å². The number of nitrogens with two attached hydrogens (primary N) is 1. The molecule has 2 unspecified atom stereocenters. The lowest BCUT2D eigenvalue weighted by molar-refractivity contribution is 0.393. The summed E-state index contributed by atoms with van der Waals surface area (Å²) in [5.74, 6) is 1.54. The molecule has 1 aromatic carbocycles. The highest BCUT2D eigenvalue weighted by Gasteiger charge is 2.27. The second kappa shape index (κ2) is 7.54. The zero-order valence-electron chi connectivity index (χ0n) is 12.2. The molecule has 1 aliphatic carbocycles. The van der Waals surface area contributed by atoms with Crippen molar-refractivity contribution in [3.63, 3.8) is 0 Å². The molecule has 0 aromatic heterocycles. The van der Waals surface area contributed by atoms with Gasteiger partial charge < -0.3 is 10.6 Å². The van der Waals surface area contributed by atoms with Gasteiger partial charge in [-0.05, 0) is 49.8 Å². The molecule has 0 bridgehead atoms. The lowest BCUT2D eigenvalue weighted by atomic mass is 9.95. The molecule has 2 nitrogen and oxygen atoms in total. The van der Waals surface area contributed by atoms with Gasteiger partial charge >= 0.3 is 0 Å². The minimum Gasteiger partial charge on any atom is -0.371 e. The smallest absolute Gasteiger partial charge is 0.0366 e. The number of rotatable bonds is 7. The minimum absolute atomic E-state index is 0.743. The van der Waals surface area contributed by atoms with Gasteiger partial charge in [-0.15, -0.1) is 0 Å². The van der Waals surface area contributed by atoms with Gasteiger partial charge in [0, 0.05) is 18.8 Å². The van der Waals surface area contributed by atoms with Crippen LogP contribution in [0.25, 0.3) is 0 Å². The minimum atomic E-state index is 0.743. The predicted molar refractivity (Wildman–Crippen MR) is 83.4 cm³/mol. The SMILES string of the molecule is CCCCN(CC1CCCC1CN)c1ccccc1. The molecule has 1 aromatic rings. The Labute approximate surface area is 118 Å². The summed E-state index contributed by atoms with van der Waals surface area (Å²) < 4.78 is 0. The summed E-state index contributed by atoms with van der Waals surface area (Å²) in [5.41, 5.74) is 7.29. The zero-order chi connectivity index (χ0) is 13.5. The van der Waals surface area contributed by atoms with Crippen LogP contribution in [0.1, 0.15) is 39.0 Å². The summed E-state index contributed by atoms with van der Waals surface area (Å²) in [6.45, 7) is 5.49. The van der Waals surface area contributed by atoms with E-state index in [1.807, 2.05) is 0 Å². The summed E-state index contributed by atoms with van der Waals surface area (Å²) in [5, 5.41) is 0. The van der Waals surface area contributed by atoms with Gasteiger partial charge in [0.15, 0.2) is 0 Å². The molecule has 2 heteroatoms. The van der Waals surface area contributed by atoms with Gasteiger partial charge in [-0.25, -0.2) is 0 Å². The topological polar surface area (TPSA) is 29.3 Å². The third kappa shape index (κ3) is 3.97. The van der Waals surface area contributed by atoms with Crippen molar-refractivity contribution in [1.82, 2.24) is 0 Å². The van der Waals surface area contributed by atoms with Gasteiger partial charge in [-0.3, -0.25) is 0 Å². The third-order valence-electron chi connectivity index (χ3n) is 4.48. The predicted octanol–water partition coefficient (Wildman–Crippen LogP) is 3.67. The molecule has 1 saturated carbocycles. The van der Waals surface area contributed by atoms with E-state index in [-0.39, 0.29) is 0 Å². The lowest BCUT2D eigenvalue weighted by Gasteiger charge is -2.30. The van der Waals surface area contributed by atoms with Crippen LogP contribution >= 0.6 is 0 Å². The molecule has 0 saturated heterocycles. The Kier molecular flexibility index (Phi) is 5.71. The quantitative estimate of drug-likeness (QED) is 0.810. The van der Waals surface area contributed by atoms with Crippen LogP contribution in [-0.4, -0.2) is 19.6 Å². The van der Waals surface area contributed by atoms with E-state index in [0.29, 0.717) is 0 Å². The van der Waals surface area contributed by atoms with Crippen molar-refractivity contribution in [2.24, 2.45) is 17.6 Å². The van der Waals surface area contributed by atoms with Crippen LogP contribution in [-0.2, 0) is 0 Å². The Balaban J connectivity index is 2.01. The van der Waals surface area contributed by atoms with Crippen LogP contribution < -0.4 is 10.6 Å². The van der Waals surface area contributed by atoms with Gasteiger partial charge in [-0.2, -0.15) is 0 Å². The normalized spacial score (nSPS) is 22.6. The van der Waals surface area contributed by atoms with E-state index in [1.54, 1.807) is 0 Å². The number of anilines is 1. The highest BCUT2D eigenvalue weighted by atomic mass is 15.1. The Morgan fingerprint density at radius 3 is 2.58 bits per heavy atom. The molecule has 2 rings (SSSR count). The fourth-order valence-electron chi connectivity index (χ4n) is 3.26. The zero-order valence-corrected chi connectivity index (χ0v) is 12.2. The van der Waals surface area contributed by atoms with Crippen LogP contribution in [0.15, 0.2) is 30.3 Å². The van der Waals surface area contributed by atoms with Crippen molar-refractivity contribution in [2.45, 2.75) is 39.0 Å². The first-order valence-corrected chi connectivity index (χ1v) is 7.85. The molecule has 0 spiro atoms. The van der Waals surface area contributed by atoms with Gasteiger partial charge in [0.25, 0.3) is 0 Å². The molecule has 0 amide bonds. The third-order valence-corrected chi connectivity index (χ3v) is 4.48. The second-order valence-electron chi connectivity index (χ2n) is 5.82. The van der Waals surface area contributed by atoms with E-state index in [4.69, 9.17) is 5.73 Å². The van der Waals surface area contributed by atoms with E-state index < -0.39 is 0 Å². The largest absolute Gasteiger partial charge is 0.371 e. The Hall–Kier alpha value is -1.02. The molecule has 19 heavy (non-hydrogen) atoms. The fraction of sp³-hybridized carbons (Fsp3) is 0.647. The van der Waals surface area contributed by atoms with Crippen LogP contribution in [0.3, 0.4) is 0 Å². The van der Waals surface area contributed by atoms with Crippen LogP contribution in [0.5, 0.6) is 0 Å². The number of para-hydroxylation sites is 1. The van der Waals surface area contributed by atoms with E-state index >= 15 is 0 Å². The van der Waals surface area contributed by atoms with Crippen LogP contribution in [0, 0.1) is 11.8 Å². The summed E-state index contributed by atoms with van der Waals surface area (Å²) in [4.78, 5) is 2.57. The first-order valence-electron chi connectivity index (χ1n) is 7.85. The average molecular weight is 260 g/mol. The molecule has 1 fully saturated rings. The Morgan fingerprint density at radius 1 is 1.16 bits per heavy atom. The first kappa shape index (κ1) is 14.4. The number of unbranched alkanes of at least 4 members (excludes halogenated alkanes) is 1. The van der Waals surface area contributed by atoms with Gasteiger partial charge in [0.1, 0.15) is 0 Å².